The lowest BCUT2D eigenvalue weighted by molar-refractivity contribution is 1.67. The fourth-order valence-corrected chi connectivity index (χ4v) is 2.96. The van der Waals surface area contributed by atoms with E-state index in [0.717, 1.165) is 5.56 Å². The highest BCUT2D eigenvalue weighted by molar-refractivity contribution is 5.88. The highest BCUT2D eigenvalue weighted by atomic mass is 14.0. The fourth-order valence-electron chi connectivity index (χ4n) is 2.96. The van der Waals surface area contributed by atoms with Gasteiger partial charge in [0.1, 0.15) is 0 Å². The van der Waals surface area contributed by atoms with Crippen molar-refractivity contribution in [3.05, 3.63) is 95.6 Å². The molecule has 0 aliphatic heterocycles. The summed E-state index contributed by atoms with van der Waals surface area (Å²) in [5.74, 6) is 2.68. The van der Waals surface area contributed by atoms with E-state index in [9.17, 15) is 0 Å². The van der Waals surface area contributed by atoms with E-state index in [4.69, 9.17) is 6.42 Å². The van der Waals surface area contributed by atoms with E-state index in [0.29, 0.717) is 0 Å². The van der Waals surface area contributed by atoms with Gasteiger partial charge in [0.15, 0.2) is 0 Å². The third-order valence-electron chi connectivity index (χ3n) is 4.27. The van der Waals surface area contributed by atoms with Crippen molar-refractivity contribution < 1.29 is 0 Å². The number of terminal acetylenes is 1. The molecule has 0 fully saturated rings. The van der Waals surface area contributed by atoms with Gasteiger partial charge in [0.05, 0.1) is 0 Å². The van der Waals surface area contributed by atoms with Crippen LogP contribution in [0.3, 0.4) is 0 Å². The Morgan fingerprint density at radius 2 is 1.12 bits per heavy atom. The Balaban J connectivity index is 1.67. The molecule has 0 N–H and O–H groups in total. The zero-order valence-corrected chi connectivity index (χ0v) is 13.2. The Morgan fingerprint density at radius 1 is 0.583 bits per heavy atom. The van der Waals surface area contributed by atoms with Crippen molar-refractivity contribution in [3.8, 4) is 12.3 Å². The van der Waals surface area contributed by atoms with Crippen LogP contribution in [0.5, 0.6) is 0 Å². The molecule has 4 rings (SSSR count). The average molecular weight is 304 g/mol. The van der Waals surface area contributed by atoms with Crippen LogP contribution in [0, 0.1) is 12.3 Å². The van der Waals surface area contributed by atoms with Crippen molar-refractivity contribution in [1.29, 1.82) is 0 Å². The second-order valence-corrected chi connectivity index (χ2v) is 5.91. The van der Waals surface area contributed by atoms with Crippen LogP contribution in [0.1, 0.15) is 16.7 Å². The number of rotatable bonds is 2. The monoisotopic (exact) mass is 304 g/mol. The van der Waals surface area contributed by atoms with Gasteiger partial charge in [-0.05, 0) is 56.9 Å². The first-order valence-electron chi connectivity index (χ1n) is 7.99. The molecule has 0 saturated heterocycles. The molecule has 0 spiro atoms. The third kappa shape index (κ3) is 2.81. The Hall–Kier alpha value is -3.30. The van der Waals surface area contributed by atoms with Gasteiger partial charge in [0.2, 0.25) is 0 Å². The van der Waals surface area contributed by atoms with Crippen LogP contribution in [0.4, 0.5) is 0 Å². The predicted octanol–water partition coefficient (Wildman–Crippen LogP) is 6.14. The van der Waals surface area contributed by atoms with Gasteiger partial charge in [-0.2, -0.15) is 0 Å². The third-order valence-corrected chi connectivity index (χ3v) is 4.27. The zero-order chi connectivity index (χ0) is 16.4. The minimum absolute atomic E-state index is 0.918. The second-order valence-electron chi connectivity index (χ2n) is 5.91. The first kappa shape index (κ1) is 14.3. The van der Waals surface area contributed by atoms with Crippen LogP contribution >= 0.6 is 0 Å². The van der Waals surface area contributed by atoms with Crippen LogP contribution in [-0.2, 0) is 0 Å². The topological polar surface area (TPSA) is 0 Å². The number of benzene rings is 4. The summed E-state index contributed by atoms with van der Waals surface area (Å²) in [6.07, 6.45) is 9.77. The van der Waals surface area contributed by atoms with Crippen LogP contribution < -0.4 is 0 Å². The maximum absolute atomic E-state index is 5.46. The smallest absolute Gasteiger partial charge is 0.0248 e. The van der Waals surface area contributed by atoms with Gasteiger partial charge in [0, 0.05) is 5.56 Å². The van der Waals surface area contributed by atoms with Gasteiger partial charge in [0.25, 0.3) is 0 Å². The molecule has 4 aromatic carbocycles. The molecule has 0 bridgehead atoms. The van der Waals surface area contributed by atoms with Crippen molar-refractivity contribution in [1.82, 2.24) is 0 Å². The molecule has 0 unspecified atom stereocenters. The minimum Gasteiger partial charge on any atom is -0.115 e. The molecular weight excluding hydrogens is 288 g/mol. The summed E-state index contributed by atoms with van der Waals surface area (Å²) in [6, 6.07) is 27.5. The summed E-state index contributed by atoms with van der Waals surface area (Å²) in [5.41, 5.74) is 3.31. The Kier molecular flexibility index (Phi) is 3.61. The van der Waals surface area contributed by atoms with Crippen molar-refractivity contribution in [2.75, 3.05) is 0 Å². The normalized spacial score (nSPS) is 11.1. The molecule has 0 saturated carbocycles. The number of hydrogen-bond acceptors (Lipinski definition) is 0. The van der Waals surface area contributed by atoms with Gasteiger partial charge in [-0.3, -0.25) is 0 Å². The summed E-state index contributed by atoms with van der Waals surface area (Å²) in [5, 5.41) is 4.91. The van der Waals surface area contributed by atoms with Gasteiger partial charge in [-0.1, -0.05) is 72.7 Å². The molecule has 0 heterocycles. The van der Waals surface area contributed by atoms with Crippen LogP contribution in [-0.4, -0.2) is 0 Å². The molecule has 0 aliphatic rings. The number of fused-ring (bicyclic) bond motifs is 2. The van der Waals surface area contributed by atoms with Crippen LogP contribution in [0.25, 0.3) is 33.7 Å². The van der Waals surface area contributed by atoms with Crippen molar-refractivity contribution in [2.24, 2.45) is 0 Å². The maximum atomic E-state index is 5.46. The van der Waals surface area contributed by atoms with Gasteiger partial charge >= 0.3 is 0 Å². The summed E-state index contributed by atoms with van der Waals surface area (Å²) in [4.78, 5) is 0. The first-order chi connectivity index (χ1) is 11.8. The Morgan fingerprint density at radius 3 is 1.83 bits per heavy atom. The quantitative estimate of drug-likeness (QED) is 0.308. The van der Waals surface area contributed by atoms with Crippen molar-refractivity contribution in [2.45, 2.75) is 0 Å². The van der Waals surface area contributed by atoms with Gasteiger partial charge < -0.3 is 0 Å². The summed E-state index contributed by atoms with van der Waals surface area (Å²) < 4.78 is 0. The molecule has 112 valence electrons. The van der Waals surface area contributed by atoms with E-state index < -0.39 is 0 Å². The van der Waals surface area contributed by atoms with Crippen molar-refractivity contribution in [3.63, 3.8) is 0 Å². The zero-order valence-electron chi connectivity index (χ0n) is 13.2. The van der Waals surface area contributed by atoms with E-state index in [2.05, 4.69) is 84.8 Å². The number of hydrogen-bond donors (Lipinski definition) is 0. The summed E-state index contributed by atoms with van der Waals surface area (Å²) in [6.45, 7) is 0. The van der Waals surface area contributed by atoms with Crippen molar-refractivity contribution >= 4 is 33.7 Å². The Bertz CT molecular complexity index is 1110. The maximum Gasteiger partial charge on any atom is 0.0248 e. The highest BCUT2D eigenvalue weighted by Crippen LogP contribution is 2.20. The molecule has 0 radical (unpaired) electrons. The van der Waals surface area contributed by atoms with E-state index >= 15 is 0 Å². The molecule has 0 atom stereocenters. The average Bonchev–Trinajstić information content (AvgIpc) is 2.65. The minimum atomic E-state index is 0.918. The van der Waals surface area contributed by atoms with Crippen LogP contribution in [0.15, 0.2) is 78.9 Å². The Labute approximate surface area is 142 Å². The highest BCUT2D eigenvalue weighted by Gasteiger charge is 1.97. The fraction of sp³-hybridized carbons (Fsp3) is 0. The molecule has 0 amide bonds. The van der Waals surface area contributed by atoms with Gasteiger partial charge in [-0.25, -0.2) is 0 Å². The molecule has 0 nitrogen and oxygen atoms in total. The summed E-state index contributed by atoms with van der Waals surface area (Å²) in [7, 11) is 0. The largest absolute Gasteiger partial charge is 0.115 e. The molecular formula is C24H16. The standard InChI is InChI=1S/C24H16/c1-2-18-9-13-24-17-20(11-14-23(24)15-18)8-7-19-10-12-21-5-3-4-6-22(21)16-19/h1,3-17H/b8-7-. The van der Waals surface area contributed by atoms with E-state index in [1.54, 1.807) is 0 Å². The molecule has 0 aliphatic carbocycles. The molecule has 0 heteroatoms. The first-order valence-corrected chi connectivity index (χ1v) is 7.99. The lowest BCUT2D eigenvalue weighted by Crippen LogP contribution is -1.79. The summed E-state index contributed by atoms with van der Waals surface area (Å²) >= 11 is 0. The van der Waals surface area contributed by atoms with E-state index in [1.165, 1.54) is 32.7 Å². The molecule has 0 aromatic heterocycles. The van der Waals surface area contributed by atoms with Gasteiger partial charge in [-0.15, -0.1) is 6.42 Å². The lowest BCUT2D eigenvalue weighted by Gasteiger charge is -2.02. The van der Waals surface area contributed by atoms with E-state index in [-0.39, 0.29) is 0 Å². The molecule has 4 aromatic rings. The second kappa shape index (κ2) is 6.07. The SMILES string of the molecule is C#Cc1ccc2cc(/C=C\c3ccc4ccccc4c3)ccc2c1. The molecule has 24 heavy (non-hydrogen) atoms. The van der Waals surface area contributed by atoms with Crippen LogP contribution in [0.2, 0.25) is 0 Å². The van der Waals surface area contributed by atoms with E-state index in [1.807, 2.05) is 12.1 Å². The lowest BCUT2D eigenvalue weighted by atomic mass is 10.0. The predicted molar refractivity (Wildman–Crippen MR) is 105 cm³/mol.